The van der Waals surface area contributed by atoms with Crippen molar-refractivity contribution in [2.24, 2.45) is 11.8 Å². The molecule has 0 aromatic rings. The average Bonchev–Trinajstić information content (AvgIpc) is 3.19. The van der Waals surface area contributed by atoms with Crippen molar-refractivity contribution in [2.75, 3.05) is 13.2 Å². The number of ether oxygens (including phenoxy) is 4. The number of hydrogen-bond donors (Lipinski definition) is 2. The molecular formula is C30H52O7. The van der Waals surface area contributed by atoms with E-state index in [1.807, 2.05) is 0 Å². The van der Waals surface area contributed by atoms with Gasteiger partial charge in [0.05, 0.1) is 18.3 Å². The van der Waals surface area contributed by atoms with Gasteiger partial charge in [0.2, 0.25) is 0 Å². The van der Waals surface area contributed by atoms with Crippen molar-refractivity contribution in [3.8, 4) is 0 Å². The van der Waals surface area contributed by atoms with Crippen LogP contribution in [-0.4, -0.2) is 60.3 Å². The second kappa shape index (κ2) is 17.6. The summed E-state index contributed by atoms with van der Waals surface area (Å²) in [6.07, 6.45) is 19.9. The highest BCUT2D eigenvalue weighted by Crippen LogP contribution is 2.40. The quantitative estimate of drug-likeness (QED) is 0.169. The van der Waals surface area contributed by atoms with Crippen LogP contribution in [0.2, 0.25) is 0 Å². The lowest BCUT2D eigenvalue weighted by Gasteiger charge is -2.30. The van der Waals surface area contributed by atoms with Crippen LogP contribution in [0.4, 0.5) is 0 Å². The van der Waals surface area contributed by atoms with Crippen LogP contribution >= 0.6 is 0 Å². The van der Waals surface area contributed by atoms with Crippen LogP contribution in [0.5, 0.6) is 0 Å². The molecular weight excluding hydrogens is 472 g/mol. The number of aliphatic carboxylic acids is 1. The molecule has 37 heavy (non-hydrogen) atoms. The van der Waals surface area contributed by atoms with E-state index in [2.05, 4.69) is 19.1 Å². The Balaban J connectivity index is 1.61. The second-order valence-electron chi connectivity index (χ2n) is 11.2. The first-order valence-corrected chi connectivity index (χ1v) is 15.2. The fourth-order valence-electron chi connectivity index (χ4n) is 6.00. The first-order chi connectivity index (χ1) is 18.1. The molecule has 2 aliphatic heterocycles. The molecule has 3 rings (SSSR count). The Morgan fingerprint density at radius 3 is 2.38 bits per heavy atom. The van der Waals surface area contributed by atoms with Crippen molar-refractivity contribution in [1.29, 1.82) is 0 Å². The molecule has 0 aromatic carbocycles. The molecule has 7 heteroatoms. The van der Waals surface area contributed by atoms with Gasteiger partial charge < -0.3 is 29.2 Å². The minimum absolute atomic E-state index is 0.000153. The topological polar surface area (TPSA) is 94.5 Å². The molecule has 0 amide bonds. The number of carboxylic acids is 1. The molecule has 1 aliphatic carbocycles. The summed E-state index contributed by atoms with van der Waals surface area (Å²) in [5.41, 5.74) is 0. The highest BCUT2D eigenvalue weighted by molar-refractivity contribution is 5.66. The largest absolute Gasteiger partial charge is 0.481 e. The lowest BCUT2D eigenvalue weighted by molar-refractivity contribution is -0.196. The Morgan fingerprint density at radius 1 is 0.973 bits per heavy atom. The number of aliphatic hydroxyl groups is 1. The predicted octanol–water partition coefficient (Wildman–Crippen LogP) is 6.37. The third-order valence-electron chi connectivity index (χ3n) is 8.14. The molecule has 0 bridgehead atoms. The van der Waals surface area contributed by atoms with Gasteiger partial charge in [-0.1, -0.05) is 57.6 Å². The fraction of sp³-hybridized carbons (Fsp3) is 0.900. The Bertz CT molecular complexity index is 642. The van der Waals surface area contributed by atoms with Crippen LogP contribution < -0.4 is 0 Å². The molecule has 2 N–H and O–H groups in total. The van der Waals surface area contributed by atoms with Crippen LogP contribution in [0.3, 0.4) is 0 Å². The summed E-state index contributed by atoms with van der Waals surface area (Å²) < 4.78 is 24.5. The summed E-state index contributed by atoms with van der Waals surface area (Å²) in [6, 6.07) is 0. The number of unbranched alkanes of at least 4 members (excludes halogenated alkanes) is 5. The van der Waals surface area contributed by atoms with Gasteiger partial charge in [0, 0.05) is 32.0 Å². The third-order valence-corrected chi connectivity index (χ3v) is 8.14. The summed E-state index contributed by atoms with van der Waals surface area (Å²) >= 11 is 0. The standard InChI is InChI=1S/C30H52O7/c1-2-3-6-13-23(36-29-16-9-11-20-34-29)18-19-24-25(14-7-4-5-8-15-28(32)33)27(22-26(24)31)37-30-17-10-12-21-35-30/h18-19,23-27,29-31H,2-17,20-22H2,1H3,(H,32,33)/b19-18+/t23-,24+,25+,26+,27-,29?,30?/m0/s1. The molecule has 0 radical (unpaired) electrons. The fourth-order valence-corrected chi connectivity index (χ4v) is 6.00. The first kappa shape index (κ1) is 30.6. The van der Waals surface area contributed by atoms with Gasteiger partial charge in [-0.15, -0.1) is 0 Å². The summed E-state index contributed by atoms with van der Waals surface area (Å²) in [7, 11) is 0. The van der Waals surface area contributed by atoms with E-state index in [9.17, 15) is 9.90 Å². The number of carboxylic acid groups (broad SMARTS) is 1. The van der Waals surface area contributed by atoms with Crippen LogP contribution in [-0.2, 0) is 23.7 Å². The Hall–Kier alpha value is -0.990. The van der Waals surface area contributed by atoms with E-state index < -0.39 is 12.1 Å². The van der Waals surface area contributed by atoms with Crippen molar-refractivity contribution in [1.82, 2.24) is 0 Å². The molecule has 0 spiro atoms. The zero-order valence-corrected chi connectivity index (χ0v) is 23.1. The van der Waals surface area contributed by atoms with Crippen molar-refractivity contribution >= 4 is 5.97 Å². The number of rotatable bonds is 17. The summed E-state index contributed by atoms with van der Waals surface area (Å²) in [6.45, 7) is 3.74. The van der Waals surface area contributed by atoms with E-state index in [-0.39, 0.29) is 43.0 Å². The van der Waals surface area contributed by atoms with Gasteiger partial charge in [-0.05, 0) is 63.7 Å². The Kier molecular flexibility index (Phi) is 14.5. The van der Waals surface area contributed by atoms with Gasteiger partial charge in [0.15, 0.2) is 12.6 Å². The second-order valence-corrected chi connectivity index (χ2v) is 11.2. The summed E-state index contributed by atoms with van der Waals surface area (Å²) in [4.78, 5) is 10.8. The molecule has 2 unspecified atom stereocenters. The molecule has 214 valence electrons. The number of aliphatic hydroxyl groups excluding tert-OH is 1. The van der Waals surface area contributed by atoms with Gasteiger partial charge >= 0.3 is 5.97 Å². The maximum absolute atomic E-state index is 11.1. The minimum Gasteiger partial charge on any atom is -0.481 e. The SMILES string of the molecule is CCCCC[C@@H](/C=C/[C@@H]1[C@@H](CCCCCCC(=O)O)[C@@H](OC2CCCCO2)C[C@H]1O)OC1CCCCO1. The zero-order chi connectivity index (χ0) is 26.3. The van der Waals surface area contributed by atoms with E-state index in [4.69, 9.17) is 24.1 Å². The highest BCUT2D eigenvalue weighted by atomic mass is 16.7. The Labute approximate surface area is 224 Å². The molecule has 3 aliphatic rings. The molecule has 7 nitrogen and oxygen atoms in total. The van der Waals surface area contributed by atoms with Gasteiger partial charge in [-0.2, -0.15) is 0 Å². The van der Waals surface area contributed by atoms with E-state index in [0.717, 1.165) is 96.7 Å². The molecule has 0 aromatic heterocycles. The van der Waals surface area contributed by atoms with Gasteiger partial charge in [0.1, 0.15) is 0 Å². The van der Waals surface area contributed by atoms with E-state index in [1.54, 1.807) is 0 Å². The van der Waals surface area contributed by atoms with E-state index >= 15 is 0 Å². The maximum atomic E-state index is 11.1. The van der Waals surface area contributed by atoms with Gasteiger partial charge in [-0.3, -0.25) is 4.79 Å². The molecule has 3 fully saturated rings. The van der Waals surface area contributed by atoms with E-state index in [1.165, 1.54) is 12.8 Å². The highest BCUT2D eigenvalue weighted by Gasteiger charge is 2.42. The van der Waals surface area contributed by atoms with Gasteiger partial charge in [0.25, 0.3) is 0 Å². The average molecular weight is 525 g/mol. The van der Waals surface area contributed by atoms with Crippen LogP contribution in [0.1, 0.15) is 116 Å². The molecule has 1 saturated carbocycles. The minimum atomic E-state index is -0.723. The molecule has 2 heterocycles. The molecule has 2 saturated heterocycles. The monoisotopic (exact) mass is 524 g/mol. The molecule has 7 atom stereocenters. The zero-order valence-electron chi connectivity index (χ0n) is 23.1. The van der Waals surface area contributed by atoms with Crippen LogP contribution in [0.25, 0.3) is 0 Å². The van der Waals surface area contributed by atoms with Crippen molar-refractivity contribution in [3.05, 3.63) is 12.2 Å². The first-order valence-electron chi connectivity index (χ1n) is 15.2. The third kappa shape index (κ3) is 11.3. The summed E-state index contributed by atoms with van der Waals surface area (Å²) in [5.74, 6) is -0.477. The maximum Gasteiger partial charge on any atom is 0.303 e. The van der Waals surface area contributed by atoms with Crippen LogP contribution in [0, 0.1) is 11.8 Å². The van der Waals surface area contributed by atoms with Crippen molar-refractivity contribution < 1.29 is 34.0 Å². The number of hydrogen-bond acceptors (Lipinski definition) is 6. The normalized spacial score (nSPS) is 31.6. The lowest BCUT2D eigenvalue weighted by Crippen LogP contribution is -2.31. The van der Waals surface area contributed by atoms with Crippen molar-refractivity contribution in [3.63, 3.8) is 0 Å². The lowest BCUT2D eigenvalue weighted by atomic mass is 9.87. The predicted molar refractivity (Wildman–Crippen MR) is 143 cm³/mol. The smallest absolute Gasteiger partial charge is 0.303 e. The van der Waals surface area contributed by atoms with Crippen LogP contribution in [0.15, 0.2) is 12.2 Å². The number of carbonyl (C=O) groups is 1. The Morgan fingerprint density at radius 2 is 1.70 bits per heavy atom. The van der Waals surface area contributed by atoms with E-state index in [0.29, 0.717) is 6.42 Å². The van der Waals surface area contributed by atoms with Gasteiger partial charge in [-0.25, -0.2) is 0 Å². The van der Waals surface area contributed by atoms with Crippen molar-refractivity contribution in [2.45, 2.75) is 147 Å². The summed E-state index contributed by atoms with van der Waals surface area (Å²) in [5, 5.41) is 20.0.